The van der Waals surface area contributed by atoms with Crippen LogP contribution in [0.25, 0.3) is 22.0 Å². The second-order valence-electron chi connectivity index (χ2n) is 6.39. The number of ether oxygens (including phenoxy) is 2. The summed E-state index contributed by atoms with van der Waals surface area (Å²) in [6.45, 7) is 0.113. The van der Waals surface area contributed by atoms with Crippen molar-refractivity contribution in [3.8, 4) is 11.1 Å². The van der Waals surface area contributed by atoms with E-state index in [9.17, 15) is 18.8 Å². The standard InChI is InChI=1S/C21H20FNO5S/c1-27-19(25)6-3-9-28-20(26)8-7-17(24)18-10-13(12-29-18)15-11-23-21-14(15)4-2-5-16(21)22/h2,4-5,10-12,23H,3,6-9H2,1H3. The van der Waals surface area contributed by atoms with Crippen LogP contribution in [0.1, 0.15) is 35.4 Å². The Morgan fingerprint density at radius 3 is 2.76 bits per heavy atom. The van der Waals surface area contributed by atoms with Crippen LogP contribution in [0.15, 0.2) is 35.8 Å². The van der Waals surface area contributed by atoms with E-state index < -0.39 is 5.97 Å². The Morgan fingerprint density at radius 2 is 1.97 bits per heavy atom. The molecule has 0 spiro atoms. The molecule has 0 atom stereocenters. The summed E-state index contributed by atoms with van der Waals surface area (Å²) in [5, 5.41) is 2.59. The number of Topliss-reactive ketones (excluding diaryl/α,β-unsaturated/α-hetero) is 1. The quantitative estimate of drug-likeness (QED) is 0.315. The number of aromatic nitrogens is 1. The normalized spacial score (nSPS) is 10.8. The lowest BCUT2D eigenvalue weighted by atomic mass is 10.1. The molecule has 3 aromatic rings. The first-order valence-electron chi connectivity index (χ1n) is 9.09. The predicted molar refractivity (Wildman–Crippen MR) is 107 cm³/mol. The number of hydrogen-bond acceptors (Lipinski definition) is 6. The number of ketones is 1. The maximum absolute atomic E-state index is 13.8. The summed E-state index contributed by atoms with van der Waals surface area (Å²) in [5.41, 5.74) is 2.07. The number of rotatable bonds is 9. The summed E-state index contributed by atoms with van der Waals surface area (Å²) in [6, 6.07) is 6.60. The highest BCUT2D eigenvalue weighted by molar-refractivity contribution is 7.12. The SMILES string of the molecule is COC(=O)CCCOC(=O)CCC(=O)c1cc(-c2c[nH]c3c(F)cccc23)cs1. The van der Waals surface area contributed by atoms with Gasteiger partial charge in [0.2, 0.25) is 0 Å². The molecule has 1 aromatic carbocycles. The number of benzene rings is 1. The predicted octanol–water partition coefficient (Wildman–Crippen LogP) is 4.49. The molecule has 0 saturated carbocycles. The Labute approximate surface area is 170 Å². The van der Waals surface area contributed by atoms with Gasteiger partial charge in [-0.2, -0.15) is 0 Å². The van der Waals surface area contributed by atoms with E-state index >= 15 is 0 Å². The minimum atomic E-state index is -0.480. The van der Waals surface area contributed by atoms with Crippen LogP contribution in [0.3, 0.4) is 0 Å². The lowest BCUT2D eigenvalue weighted by molar-refractivity contribution is -0.146. The number of para-hydroxylation sites is 1. The molecule has 0 aliphatic heterocycles. The van der Waals surface area contributed by atoms with Gasteiger partial charge in [-0.25, -0.2) is 4.39 Å². The molecule has 0 bridgehead atoms. The average Bonchev–Trinajstić information content (AvgIpc) is 3.36. The Balaban J connectivity index is 1.54. The zero-order valence-electron chi connectivity index (χ0n) is 15.8. The molecule has 0 saturated heterocycles. The Hall–Kier alpha value is -3.00. The Kier molecular flexibility index (Phi) is 6.77. The monoisotopic (exact) mass is 417 g/mol. The maximum Gasteiger partial charge on any atom is 0.306 e. The largest absolute Gasteiger partial charge is 0.469 e. The second kappa shape index (κ2) is 9.47. The molecule has 152 valence electrons. The van der Waals surface area contributed by atoms with Crippen molar-refractivity contribution in [2.45, 2.75) is 25.7 Å². The molecule has 2 heterocycles. The first-order chi connectivity index (χ1) is 14.0. The van der Waals surface area contributed by atoms with Crippen LogP contribution in [-0.2, 0) is 19.1 Å². The third-order valence-corrected chi connectivity index (χ3v) is 5.39. The molecule has 2 aromatic heterocycles. The number of aromatic amines is 1. The Bertz CT molecular complexity index is 1040. The van der Waals surface area contributed by atoms with Crippen LogP contribution in [0.2, 0.25) is 0 Å². The van der Waals surface area contributed by atoms with E-state index in [1.165, 1.54) is 24.5 Å². The van der Waals surface area contributed by atoms with Gasteiger partial charge in [0.25, 0.3) is 0 Å². The summed E-state index contributed by atoms with van der Waals surface area (Å²) >= 11 is 1.29. The lowest BCUT2D eigenvalue weighted by Gasteiger charge is -2.03. The molecule has 0 unspecified atom stereocenters. The molecular weight excluding hydrogens is 397 g/mol. The van der Waals surface area contributed by atoms with Crippen molar-refractivity contribution >= 4 is 40.0 Å². The zero-order chi connectivity index (χ0) is 20.8. The van der Waals surface area contributed by atoms with E-state index in [4.69, 9.17) is 4.74 Å². The molecule has 0 aliphatic rings. The third kappa shape index (κ3) is 5.08. The third-order valence-electron chi connectivity index (χ3n) is 4.42. The summed E-state index contributed by atoms with van der Waals surface area (Å²) in [5.74, 6) is -1.32. The van der Waals surface area contributed by atoms with Crippen LogP contribution < -0.4 is 0 Å². The number of carbonyl (C=O) groups excluding carboxylic acids is 3. The Morgan fingerprint density at radius 1 is 1.14 bits per heavy atom. The first-order valence-corrected chi connectivity index (χ1v) is 9.97. The topological polar surface area (TPSA) is 85.5 Å². The van der Waals surface area contributed by atoms with Gasteiger partial charge in [-0.15, -0.1) is 11.3 Å². The highest BCUT2D eigenvalue weighted by atomic mass is 32.1. The van der Waals surface area contributed by atoms with Gasteiger partial charge < -0.3 is 14.5 Å². The van der Waals surface area contributed by atoms with Gasteiger partial charge in [0, 0.05) is 30.0 Å². The lowest BCUT2D eigenvalue weighted by Crippen LogP contribution is -2.10. The molecule has 1 N–H and O–H groups in total. The van der Waals surface area contributed by atoms with Gasteiger partial charge in [-0.3, -0.25) is 14.4 Å². The number of methoxy groups -OCH3 is 1. The molecule has 0 aliphatic carbocycles. The molecule has 0 radical (unpaired) electrons. The highest BCUT2D eigenvalue weighted by Crippen LogP contribution is 2.33. The van der Waals surface area contributed by atoms with Crippen molar-refractivity contribution in [2.75, 3.05) is 13.7 Å². The van der Waals surface area contributed by atoms with Crippen LogP contribution in [0.4, 0.5) is 4.39 Å². The van der Waals surface area contributed by atoms with Gasteiger partial charge in [-0.1, -0.05) is 12.1 Å². The minimum absolute atomic E-state index is 0.0252. The van der Waals surface area contributed by atoms with Crippen molar-refractivity contribution in [2.24, 2.45) is 0 Å². The van der Waals surface area contributed by atoms with Crippen molar-refractivity contribution in [1.29, 1.82) is 0 Å². The average molecular weight is 417 g/mol. The molecule has 6 nitrogen and oxygen atoms in total. The van der Waals surface area contributed by atoms with Gasteiger partial charge in [0.15, 0.2) is 5.78 Å². The van der Waals surface area contributed by atoms with Gasteiger partial charge in [0.05, 0.1) is 30.5 Å². The van der Waals surface area contributed by atoms with Crippen molar-refractivity contribution in [3.63, 3.8) is 0 Å². The number of hydrogen-bond donors (Lipinski definition) is 1. The van der Waals surface area contributed by atoms with E-state index in [-0.39, 0.29) is 43.4 Å². The van der Waals surface area contributed by atoms with Crippen LogP contribution >= 0.6 is 11.3 Å². The number of fused-ring (bicyclic) bond motifs is 1. The smallest absolute Gasteiger partial charge is 0.306 e. The summed E-state index contributed by atoms with van der Waals surface area (Å²) in [7, 11) is 1.30. The fourth-order valence-electron chi connectivity index (χ4n) is 2.90. The van der Waals surface area contributed by atoms with Crippen LogP contribution in [0, 0.1) is 5.82 Å². The number of nitrogens with one attached hydrogen (secondary N) is 1. The highest BCUT2D eigenvalue weighted by Gasteiger charge is 2.15. The van der Waals surface area contributed by atoms with E-state index in [0.29, 0.717) is 16.8 Å². The van der Waals surface area contributed by atoms with Gasteiger partial charge >= 0.3 is 11.9 Å². The molecular formula is C21H20FNO5S. The van der Waals surface area contributed by atoms with E-state index in [1.807, 2.05) is 11.4 Å². The van der Waals surface area contributed by atoms with Crippen LogP contribution in [0.5, 0.6) is 0 Å². The van der Waals surface area contributed by atoms with Crippen LogP contribution in [-0.4, -0.2) is 36.4 Å². The zero-order valence-corrected chi connectivity index (χ0v) is 16.6. The summed E-state index contributed by atoms with van der Waals surface area (Å²) in [6.07, 6.45) is 2.29. The molecule has 0 amide bonds. The first kappa shape index (κ1) is 20.7. The second-order valence-corrected chi connectivity index (χ2v) is 7.30. The fourth-order valence-corrected chi connectivity index (χ4v) is 3.77. The number of carbonyl (C=O) groups is 3. The maximum atomic E-state index is 13.8. The van der Waals surface area contributed by atoms with E-state index in [0.717, 1.165) is 16.5 Å². The minimum Gasteiger partial charge on any atom is -0.469 e. The molecule has 0 fully saturated rings. The number of thiophene rings is 1. The molecule has 3 rings (SSSR count). The van der Waals surface area contributed by atoms with Crippen molar-refractivity contribution in [1.82, 2.24) is 4.98 Å². The molecule has 29 heavy (non-hydrogen) atoms. The number of halogens is 1. The molecule has 8 heteroatoms. The number of H-pyrrole nitrogens is 1. The van der Waals surface area contributed by atoms with Gasteiger partial charge in [0.1, 0.15) is 5.82 Å². The van der Waals surface area contributed by atoms with Crippen molar-refractivity contribution < 1.29 is 28.2 Å². The number of esters is 2. The summed E-state index contributed by atoms with van der Waals surface area (Å²) in [4.78, 5) is 38.6. The fraction of sp³-hybridized carbons (Fsp3) is 0.286. The van der Waals surface area contributed by atoms with Gasteiger partial charge in [-0.05, 0) is 29.5 Å². The van der Waals surface area contributed by atoms with Crippen molar-refractivity contribution in [3.05, 3.63) is 46.5 Å². The van der Waals surface area contributed by atoms with E-state index in [2.05, 4.69) is 9.72 Å². The van der Waals surface area contributed by atoms with E-state index in [1.54, 1.807) is 18.3 Å². The summed E-state index contributed by atoms with van der Waals surface area (Å²) < 4.78 is 23.4.